The molecule has 0 heterocycles. The number of amides is 1. The Morgan fingerprint density at radius 3 is 2.75 bits per heavy atom. The van der Waals surface area contributed by atoms with Crippen molar-refractivity contribution in [2.24, 2.45) is 0 Å². The topological polar surface area (TPSA) is 50.8 Å². The highest BCUT2D eigenvalue weighted by Crippen LogP contribution is 1.84. The molecule has 0 spiro atoms. The van der Waals surface area contributed by atoms with Gasteiger partial charge in [0, 0.05) is 33.4 Å². The first-order valence-corrected chi connectivity index (χ1v) is 5.72. The van der Waals surface area contributed by atoms with Gasteiger partial charge in [-0.1, -0.05) is 0 Å². The van der Waals surface area contributed by atoms with Crippen molar-refractivity contribution in [3.05, 3.63) is 0 Å². The Labute approximate surface area is 98.1 Å². The number of ether oxygens (including phenoxy) is 2. The lowest BCUT2D eigenvalue weighted by atomic mass is 10.4. The number of carbonyl (C=O) groups is 1. The van der Waals surface area contributed by atoms with E-state index in [1.165, 1.54) is 0 Å². The van der Waals surface area contributed by atoms with Crippen LogP contribution in [0.4, 0.5) is 0 Å². The summed E-state index contributed by atoms with van der Waals surface area (Å²) in [6.45, 7) is 5.90. The monoisotopic (exact) mass is 232 g/mol. The fourth-order valence-electron chi connectivity index (χ4n) is 1.19. The van der Waals surface area contributed by atoms with Gasteiger partial charge >= 0.3 is 0 Å². The van der Waals surface area contributed by atoms with Gasteiger partial charge in [-0.3, -0.25) is 9.69 Å². The van der Waals surface area contributed by atoms with E-state index in [4.69, 9.17) is 9.47 Å². The van der Waals surface area contributed by atoms with Gasteiger partial charge in [-0.25, -0.2) is 0 Å². The van der Waals surface area contributed by atoms with Crippen molar-refractivity contribution in [2.45, 2.75) is 13.3 Å². The summed E-state index contributed by atoms with van der Waals surface area (Å²) in [7, 11) is 3.57. The highest BCUT2D eigenvalue weighted by molar-refractivity contribution is 5.77. The van der Waals surface area contributed by atoms with Crippen molar-refractivity contribution in [1.82, 2.24) is 10.2 Å². The van der Waals surface area contributed by atoms with E-state index in [-0.39, 0.29) is 5.91 Å². The largest absolute Gasteiger partial charge is 0.385 e. The molecule has 0 saturated carbocycles. The first kappa shape index (κ1) is 15.3. The first-order chi connectivity index (χ1) is 7.70. The molecule has 0 fully saturated rings. The van der Waals surface area contributed by atoms with Crippen molar-refractivity contribution >= 4 is 5.91 Å². The zero-order chi connectivity index (χ0) is 12.2. The van der Waals surface area contributed by atoms with Crippen LogP contribution >= 0.6 is 0 Å². The van der Waals surface area contributed by atoms with Crippen molar-refractivity contribution in [3.63, 3.8) is 0 Å². The summed E-state index contributed by atoms with van der Waals surface area (Å²) >= 11 is 0. The quantitative estimate of drug-likeness (QED) is 0.543. The van der Waals surface area contributed by atoms with Gasteiger partial charge in [-0.05, 0) is 20.4 Å². The molecular formula is C11H24N2O3. The van der Waals surface area contributed by atoms with Crippen molar-refractivity contribution in [2.75, 3.05) is 53.6 Å². The minimum Gasteiger partial charge on any atom is -0.385 e. The zero-order valence-corrected chi connectivity index (χ0v) is 10.6. The van der Waals surface area contributed by atoms with Crippen LogP contribution < -0.4 is 5.32 Å². The van der Waals surface area contributed by atoms with E-state index < -0.39 is 0 Å². The van der Waals surface area contributed by atoms with Crippen molar-refractivity contribution in [1.29, 1.82) is 0 Å². The predicted octanol–water partition coefficient (Wildman–Crippen LogP) is 0.107. The molecule has 0 aromatic carbocycles. The van der Waals surface area contributed by atoms with Crippen LogP contribution in [0, 0.1) is 0 Å². The molecular weight excluding hydrogens is 208 g/mol. The lowest BCUT2D eigenvalue weighted by Crippen LogP contribution is -2.37. The molecule has 1 amide bonds. The Balaban J connectivity index is 3.39. The van der Waals surface area contributed by atoms with Crippen LogP contribution in [0.1, 0.15) is 13.3 Å². The fourth-order valence-corrected chi connectivity index (χ4v) is 1.19. The first-order valence-electron chi connectivity index (χ1n) is 5.72. The molecule has 96 valence electrons. The number of likely N-dealkylation sites (N-methyl/N-ethyl adjacent to an activating group) is 1. The molecule has 0 aliphatic rings. The lowest BCUT2D eigenvalue weighted by molar-refractivity contribution is -0.122. The number of nitrogens with one attached hydrogen (secondary N) is 1. The Bertz CT molecular complexity index is 177. The summed E-state index contributed by atoms with van der Waals surface area (Å²) in [6, 6.07) is 0. The maximum absolute atomic E-state index is 11.4. The number of hydrogen-bond acceptors (Lipinski definition) is 4. The normalized spacial score (nSPS) is 10.8. The van der Waals surface area contributed by atoms with E-state index in [0.29, 0.717) is 26.3 Å². The van der Waals surface area contributed by atoms with Crippen LogP contribution in [0.2, 0.25) is 0 Å². The lowest BCUT2D eigenvalue weighted by Gasteiger charge is -2.15. The summed E-state index contributed by atoms with van der Waals surface area (Å²) in [5.41, 5.74) is 0. The Hall–Kier alpha value is -0.650. The highest BCUT2D eigenvalue weighted by Gasteiger charge is 2.05. The third-order valence-corrected chi connectivity index (χ3v) is 2.08. The molecule has 0 aromatic rings. The molecule has 0 bridgehead atoms. The Morgan fingerprint density at radius 1 is 1.38 bits per heavy atom. The maximum atomic E-state index is 11.4. The van der Waals surface area contributed by atoms with E-state index in [9.17, 15) is 4.79 Å². The third kappa shape index (κ3) is 9.89. The summed E-state index contributed by atoms with van der Waals surface area (Å²) < 4.78 is 10.1. The predicted molar refractivity (Wildman–Crippen MR) is 63.5 cm³/mol. The third-order valence-electron chi connectivity index (χ3n) is 2.08. The second-order valence-electron chi connectivity index (χ2n) is 3.63. The molecule has 0 rings (SSSR count). The van der Waals surface area contributed by atoms with E-state index in [0.717, 1.165) is 19.6 Å². The summed E-state index contributed by atoms with van der Waals surface area (Å²) in [6.07, 6.45) is 0.852. The second kappa shape index (κ2) is 10.9. The van der Waals surface area contributed by atoms with Crippen LogP contribution in [0.15, 0.2) is 0 Å². The summed E-state index contributed by atoms with van der Waals surface area (Å²) in [5.74, 6) is 0.0510. The molecule has 5 nitrogen and oxygen atoms in total. The van der Waals surface area contributed by atoms with Gasteiger partial charge in [0.2, 0.25) is 5.91 Å². The molecule has 0 aliphatic carbocycles. The van der Waals surface area contributed by atoms with Gasteiger partial charge in [-0.15, -0.1) is 0 Å². The molecule has 16 heavy (non-hydrogen) atoms. The van der Waals surface area contributed by atoms with E-state index in [1.807, 2.05) is 18.9 Å². The number of hydrogen-bond donors (Lipinski definition) is 1. The van der Waals surface area contributed by atoms with Gasteiger partial charge < -0.3 is 14.8 Å². The molecule has 0 aliphatic heterocycles. The van der Waals surface area contributed by atoms with Gasteiger partial charge in [-0.2, -0.15) is 0 Å². The standard InChI is InChI=1S/C11H24N2O3/c1-4-16-9-7-13(2)10-11(14)12-6-5-8-15-3/h4-10H2,1-3H3,(H,12,14). The van der Waals surface area contributed by atoms with E-state index >= 15 is 0 Å². The molecule has 0 unspecified atom stereocenters. The number of rotatable bonds is 10. The van der Waals surface area contributed by atoms with Crippen molar-refractivity contribution in [3.8, 4) is 0 Å². The van der Waals surface area contributed by atoms with Gasteiger partial charge in [0.1, 0.15) is 0 Å². The highest BCUT2D eigenvalue weighted by atomic mass is 16.5. The zero-order valence-electron chi connectivity index (χ0n) is 10.6. The smallest absolute Gasteiger partial charge is 0.234 e. The van der Waals surface area contributed by atoms with Crippen LogP contribution in [-0.4, -0.2) is 64.4 Å². The SMILES string of the molecule is CCOCCN(C)CC(=O)NCCCOC. The number of nitrogens with zero attached hydrogens (tertiary/aromatic N) is 1. The molecule has 0 radical (unpaired) electrons. The number of methoxy groups -OCH3 is 1. The van der Waals surface area contributed by atoms with Crippen molar-refractivity contribution < 1.29 is 14.3 Å². The van der Waals surface area contributed by atoms with Gasteiger partial charge in [0.15, 0.2) is 0 Å². The molecule has 0 atom stereocenters. The van der Waals surface area contributed by atoms with Gasteiger partial charge in [0.25, 0.3) is 0 Å². The minimum atomic E-state index is 0.0510. The molecule has 1 N–H and O–H groups in total. The average Bonchev–Trinajstić information content (AvgIpc) is 2.25. The maximum Gasteiger partial charge on any atom is 0.234 e. The van der Waals surface area contributed by atoms with Crippen LogP contribution in [0.5, 0.6) is 0 Å². The van der Waals surface area contributed by atoms with E-state index in [1.54, 1.807) is 7.11 Å². The number of carbonyl (C=O) groups excluding carboxylic acids is 1. The Kier molecular flexibility index (Phi) is 10.4. The molecule has 0 aromatic heterocycles. The minimum absolute atomic E-state index is 0.0510. The van der Waals surface area contributed by atoms with Crippen LogP contribution in [-0.2, 0) is 14.3 Å². The van der Waals surface area contributed by atoms with Crippen LogP contribution in [0.25, 0.3) is 0 Å². The Morgan fingerprint density at radius 2 is 2.12 bits per heavy atom. The molecule has 5 heteroatoms. The van der Waals surface area contributed by atoms with Gasteiger partial charge in [0.05, 0.1) is 13.2 Å². The average molecular weight is 232 g/mol. The summed E-state index contributed by atoms with van der Waals surface area (Å²) in [4.78, 5) is 13.4. The van der Waals surface area contributed by atoms with Crippen LogP contribution in [0.3, 0.4) is 0 Å². The van der Waals surface area contributed by atoms with E-state index in [2.05, 4.69) is 5.32 Å². The second-order valence-corrected chi connectivity index (χ2v) is 3.63. The summed E-state index contributed by atoms with van der Waals surface area (Å²) in [5, 5.41) is 2.84. The molecule has 0 saturated heterocycles. The fraction of sp³-hybridized carbons (Fsp3) is 0.909.